The molecule has 0 saturated carbocycles. The van der Waals surface area contributed by atoms with E-state index in [1.807, 2.05) is 0 Å². The van der Waals surface area contributed by atoms with Gasteiger partial charge in [0.2, 0.25) is 0 Å². The largest absolute Gasteiger partial charge is 0.507 e. The molecule has 0 aliphatic rings. The fourth-order valence-corrected chi connectivity index (χ4v) is 2.07. The highest BCUT2D eigenvalue weighted by atomic mass is 35.5. The minimum Gasteiger partial charge on any atom is -0.507 e. The van der Waals surface area contributed by atoms with Gasteiger partial charge < -0.3 is 15.2 Å². The number of phenols is 1. The Morgan fingerprint density at radius 1 is 1.19 bits per heavy atom. The lowest BCUT2D eigenvalue weighted by atomic mass is 10.1. The third-order valence-electron chi connectivity index (χ3n) is 2.89. The maximum atomic E-state index is 12.1. The number of hydrogen-bond donors (Lipinski definition) is 2. The average molecular weight is 326 g/mol. The first-order valence-electron chi connectivity index (χ1n) is 6.10. The molecule has 2 rings (SSSR count). The Kier molecular flexibility index (Phi) is 4.94. The molecule has 2 N–H and O–H groups in total. The third kappa shape index (κ3) is 3.80. The van der Waals surface area contributed by atoms with Crippen molar-refractivity contribution in [1.29, 1.82) is 0 Å². The predicted octanol–water partition coefficient (Wildman–Crippen LogP) is 3.64. The zero-order valence-corrected chi connectivity index (χ0v) is 12.7. The van der Waals surface area contributed by atoms with Crippen molar-refractivity contribution in [3.05, 3.63) is 57.6 Å². The van der Waals surface area contributed by atoms with Gasteiger partial charge in [0.1, 0.15) is 11.5 Å². The fourth-order valence-electron chi connectivity index (χ4n) is 1.75. The van der Waals surface area contributed by atoms with Crippen molar-refractivity contribution in [3.63, 3.8) is 0 Å². The van der Waals surface area contributed by atoms with Crippen LogP contribution in [-0.2, 0) is 6.54 Å². The number of carbonyl (C=O) groups is 1. The first kappa shape index (κ1) is 15.5. The van der Waals surface area contributed by atoms with E-state index < -0.39 is 5.91 Å². The van der Waals surface area contributed by atoms with E-state index in [1.165, 1.54) is 19.2 Å². The van der Waals surface area contributed by atoms with Crippen molar-refractivity contribution in [2.24, 2.45) is 0 Å². The molecule has 0 spiro atoms. The molecule has 0 atom stereocenters. The Balaban J connectivity index is 2.09. The van der Waals surface area contributed by atoms with Crippen molar-refractivity contribution in [2.45, 2.75) is 6.54 Å². The van der Waals surface area contributed by atoms with Gasteiger partial charge in [-0.05, 0) is 35.9 Å². The number of ether oxygens (including phenoxy) is 1. The molecular formula is C15H13Cl2NO3. The standard InChI is InChI=1S/C15H13Cl2NO3/c1-21-10-3-5-14(19)11(7-10)15(20)18-8-9-2-4-12(16)13(17)6-9/h2-7,19H,8H2,1H3,(H,18,20). The summed E-state index contributed by atoms with van der Waals surface area (Å²) >= 11 is 11.7. The van der Waals surface area contributed by atoms with Crippen LogP contribution in [0.15, 0.2) is 36.4 Å². The number of halogens is 2. The Bertz CT molecular complexity index is 674. The van der Waals surface area contributed by atoms with Crippen LogP contribution >= 0.6 is 23.2 Å². The maximum Gasteiger partial charge on any atom is 0.255 e. The van der Waals surface area contributed by atoms with Crippen molar-refractivity contribution in [2.75, 3.05) is 7.11 Å². The van der Waals surface area contributed by atoms with Crippen LogP contribution in [0.4, 0.5) is 0 Å². The topological polar surface area (TPSA) is 58.6 Å². The number of aromatic hydroxyl groups is 1. The van der Waals surface area contributed by atoms with E-state index >= 15 is 0 Å². The molecule has 2 aromatic carbocycles. The van der Waals surface area contributed by atoms with Crippen molar-refractivity contribution in [3.8, 4) is 11.5 Å². The van der Waals surface area contributed by atoms with Crippen LogP contribution in [0.2, 0.25) is 10.0 Å². The molecule has 0 fully saturated rings. The second kappa shape index (κ2) is 6.70. The van der Waals surface area contributed by atoms with Crippen LogP contribution in [0.1, 0.15) is 15.9 Å². The summed E-state index contributed by atoms with van der Waals surface area (Å²) in [5, 5.41) is 13.3. The predicted molar refractivity (Wildman–Crippen MR) is 82.3 cm³/mol. The minimum absolute atomic E-state index is 0.109. The van der Waals surface area contributed by atoms with Crippen LogP contribution < -0.4 is 10.1 Å². The number of carbonyl (C=O) groups excluding carboxylic acids is 1. The van der Waals surface area contributed by atoms with E-state index in [9.17, 15) is 9.90 Å². The second-order valence-corrected chi connectivity index (χ2v) is 5.13. The minimum atomic E-state index is -0.405. The van der Waals surface area contributed by atoms with Gasteiger partial charge >= 0.3 is 0 Å². The second-order valence-electron chi connectivity index (χ2n) is 4.31. The van der Waals surface area contributed by atoms with Gasteiger partial charge in [0.05, 0.1) is 22.7 Å². The van der Waals surface area contributed by atoms with Crippen LogP contribution in [0.5, 0.6) is 11.5 Å². The zero-order chi connectivity index (χ0) is 15.4. The highest BCUT2D eigenvalue weighted by Crippen LogP contribution is 2.24. The first-order chi connectivity index (χ1) is 10.0. The summed E-state index contributed by atoms with van der Waals surface area (Å²) in [5.41, 5.74) is 0.953. The normalized spacial score (nSPS) is 10.2. The summed E-state index contributed by atoms with van der Waals surface area (Å²) in [6.45, 7) is 0.270. The lowest BCUT2D eigenvalue weighted by Gasteiger charge is -2.09. The van der Waals surface area contributed by atoms with Crippen LogP contribution in [0.25, 0.3) is 0 Å². The van der Waals surface area contributed by atoms with Crippen LogP contribution in [-0.4, -0.2) is 18.1 Å². The summed E-state index contributed by atoms with van der Waals surface area (Å²) in [6.07, 6.45) is 0. The average Bonchev–Trinajstić information content (AvgIpc) is 2.48. The van der Waals surface area contributed by atoms with Gasteiger partial charge in [-0.15, -0.1) is 0 Å². The molecular weight excluding hydrogens is 313 g/mol. The van der Waals surface area contributed by atoms with Crippen LogP contribution in [0, 0.1) is 0 Å². The fraction of sp³-hybridized carbons (Fsp3) is 0.133. The Hall–Kier alpha value is -1.91. The molecule has 4 nitrogen and oxygen atoms in total. The van der Waals surface area contributed by atoms with E-state index in [0.717, 1.165) is 5.56 Å². The molecule has 0 radical (unpaired) electrons. The molecule has 2 aromatic rings. The summed E-state index contributed by atoms with van der Waals surface area (Å²) < 4.78 is 5.03. The van der Waals surface area contributed by atoms with E-state index in [0.29, 0.717) is 15.8 Å². The molecule has 0 unspecified atom stereocenters. The zero-order valence-electron chi connectivity index (χ0n) is 11.2. The number of phenolic OH excluding ortho intramolecular Hbond substituents is 1. The summed E-state index contributed by atoms with van der Waals surface area (Å²) in [7, 11) is 1.49. The molecule has 0 bridgehead atoms. The molecule has 21 heavy (non-hydrogen) atoms. The number of benzene rings is 2. The molecule has 0 aliphatic heterocycles. The summed E-state index contributed by atoms with van der Waals surface area (Å²) in [5.74, 6) is -0.0209. The Morgan fingerprint density at radius 2 is 1.95 bits per heavy atom. The van der Waals surface area contributed by atoms with Gasteiger partial charge in [0.25, 0.3) is 5.91 Å². The maximum absolute atomic E-state index is 12.1. The molecule has 0 heterocycles. The van der Waals surface area contributed by atoms with Crippen molar-refractivity contribution >= 4 is 29.1 Å². The van der Waals surface area contributed by atoms with Crippen molar-refractivity contribution < 1.29 is 14.6 Å². The van der Waals surface area contributed by atoms with E-state index in [1.54, 1.807) is 24.3 Å². The van der Waals surface area contributed by atoms with Gasteiger partial charge in [-0.25, -0.2) is 0 Å². The van der Waals surface area contributed by atoms with Gasteiger partial charge in [-0.3, -0.25) is 4.79 Å². The van der Waals surface area contributed by atoms with E-state index in [-0.39, 0.29) is 17.9 Å². The molecule has 1 amide bonds. The first-order valence-corrected chi connectivity index (χ1v) is 6.86. The quantitative estimate of drug-likeness (QED) is 0.902. The monoisotopic (exact) mass is 325 g/mol. The highest BCUT2D eigenvalue weighted by Gasteiger charge is 2.12. The smallest absolute Gasteiger partial charge is 0.255 e. The number of hydrogen-bond acceptors (Lipinski definition) is 3. The van der Waals surface area contributed by atoms with Crippen LogP contribution in [0.3, 0.4) is 0 Å². The molecule has 0 aliphatic carbocycles. The summed E-state index contributed by atoms with van der Waals surface area (Å²) in [4.78, 5) is 12.1. The third-order valence-corrected chi connectivity index (χ3v) is 3.62. The van der Waals surface area contributed by atoms with E-state index in [4.69, 9.17) is 27.9 Å². The number of rotatable bonds is 4. The number of amides is 1. The summed E-state index contributed by atoms with van der Waals surface area (Å²) in [6, 6.07) is 9.56. The van der Waals surface area contributed by atoms with Crippen molar-refractivity contribution in [1.82, 2.24) is 5.32 Å². The highest BCUT2D eigenvalue weighted by molar-refractivity contribution is 6.42. The van der Waals surface area contributed by atoms with Gasteiger partial charge in [-0.2, -0.15) is 0 Å². The number of methoxy groups -OCH3 is 1. The van der Waals surface area contributed by atoms with Gasteiger partial charge in [0, 0.05) is 6.54 Å². The molecule has 6 heteroatoms. The molecule has 0 saturated heterocycles. The lowest BCUT2D eigenvalue weighted by Crippen LogP contribution is -2.22. The SMILES string of the molecule is COc1ccc(O)c(C(=O)NCc2ccc(Cl)c(Cl)c2)c1. The Labute approximate surface area is 132 Å². The van der Waals surface area contributed by atoms with Gasteiger partial charge in [-0.1, -0.05) is 29.3 Å². The van der Waals surface area contributed by atoms with Gasteiger partial charge in [0.15, 0.2) is 0 Å². The Morgan fingerprint density at radius 3 is 2.62 bits per heavy atom. The lowest BCUT2D eigenvalue weighted by molar-refractivity contribution is 0.0948. The van der Waals surface area contributed by atoms with E-state index in [2.05, 4.69) is 5.32 Å². The number of nitrogens with one attached hydrogen (secondary N) is 1. The molecule has 0 aromatic heterocycles. The molecule has 110 valence electrons.